The predicted molar refractivity (Wildman–Crippen MR) is 131 cm³/mol. The lowest BCUT2D eigenvalue weighted by molar-refractivity contribution is -0.255. The maximum absolute atomic E-state index is 11.5. The van der Waals surface area contributed by atoms with Crippen molar-refractivity contribution in [1.29, 1.82) is 0 Å². The number of aromatic nitrogens is 2. The van der Waals surface area contributed by atoms with Gasteiger partial charge in [0.2, 0.25) is 0 Å². The van der Waals surface area contributed by atoms with Gasteiger partial charge in [0.05, 0.1) is 23.6 Å². The second-order valence-corrected chi connectivity index (χ2v) is 8.94. The molecule has 0 amide bonds. The van der Waals surface area contributed by atoms with Gasteiger partial charge in [-0.05, 0) is 37.3 Å². The third-order valence-corrected chi connectivity index (χ3v) is 6.16. The Kier molecular flexibility index (Phi) is 12.6. The average molecular weight is 438 g/mol. The number of hydrogen-bond acceptors (Lipinski definition) is 4. The van der Waals surface area contributed by atoms with Crippen molar-refractivity contribution in [3.05, 3.63) is 47.4 Å². The number of carboxylic acid groups (broad SMARTS) is 1. The Morgan fingerprint density at radius 1 is 0.750 bits per heavy atom. The van der Waals surface area contributed by atoms with E-state index < -0.39 is 5.97 Å². The van der Waals surface area contributed by atoms with Gasteiger partial charge in [-0.15, -0.1) is 0 Å². The number of benzene rings is 1. The molecule has 4 nitrogen and oxygen atoms in total. The van der Waals surface area contributed by atoms with Crippen LogP contribution in [0.25, 0.3) is 11.3 Å². The SMILES string of the molecule is CCCCCCCCCc1cnc(-c2ccc(C(=O)[O-])c(CCCCCCCC)c2)cn1. The Morgan fingerprint density at radius 3 is 1.91 bits per heavy atom. The maximum Gasteiger partial charge on any atom is 0.0885 e. The molecule has 0 aliphatic rings. The zero-order chi connectivity index (χ0) is 23.0. The summed E-state index contributed by atoms with van der Waals surface area (Å²) in [6.07, 6.45) is 21.5. The first-order valence-electron chi connectivity index (χ1n) is 12.8. The Hall–Kier alpha value is -2.23. The monoisotopic (exact) mass is 437 g/mol. The quantitative estimate of drug-likeness (QED) is 0.258. The van der Waals surface area contributed by atoms with Crippen LogP contribution in [0.5, 0.6) is 0 Å². The van der Waals surface area contributed by atoms with E-state index in [9.17, 15) is 9.90 Å². The lowest BCUT2D eigenvalue weighted by Crippen LogP contribution is -2.23. The lowest BCUT2D eigenvalue weighted by atomic mass is 9.97. The van der Waals surface area contributed by atoms with Gasteiger partial charge in [-0.1, -0.05) is 96.6 Å². The number of aryl methyl sites for hydroxylation is 2. The molecular formula is C28H41N2O2-. The fraction of sp³-hybridized carbons (Fsp3) is 0.607. The fourth-order valence-electron chi connectivity index (χ4n) is 4.15. The molecule has 0 aliphatic carbocycles. The molecule has 176 valence electrons. The number of hydrogen-bond donors (Lipinski definition) is 0. The molecule has 2 rings (SSSR count). The van der Waals surface area contributed by atoms with E-state index in [2.05, 4.69) is 23.8 Å². The molecular weight excluding hydrogens is 396 g/mol. The summed E-state index contributed by atoms with van der Waals surface area (Å²) < 4.78 is 0. The first kappa shape index (κ1) is 26.0. The molecule has 1 heterocycles. The Balaban J connectivity index is 1.90. The van der Waals surface area contributed by atoms with E-state index in [0.29, 0.717) is 5.56 Å². The van der Waals surface area contributed by atoms with E-state index >= 15 is 0 Å². The van der Waals surface area contributed by atoms with Gasteiger partial charge in [0.1, 0.15) is 0 Å². The van der Waals surface area contributed by atoms with E-state index in [1.165, 1.54) is 64.2 Å². The van der Waals surface area contributed by atoms with Crippen molar-refractivity contribution in [1.82, 2.24) is 9.97 Å². The number of carbonyl (C=O) groups excluding carboxylic acids is 1. The smallest absolute Gasteiger partial charge is 0.0885 e. The summed E-state index contributed by atoms with van der Waals surface area (Å²) >= 11 is 0. The van der Waals surface area contributed by atoms with Crippen LogP contribution in [0.1, 0.15) is 119 Å². The Labute approximate surface area is 194 Å². The topological polar surface area (TPSA) is 65.9 Å². The molecule has 0 fully saturated rings. The van der Waals surface area contributed by atoms with Crippen molar-refractivity contribution < 1.29 is 9.90 Å². The van der Waals surface area contributed by atoms with Crippen LogP contribution in [0.2, 0.25) is 0 Å². The molecule has 0 aliphatic heterocycles. The highest BCUT2D eigenvalue weighted by Crippen LogP contribution is 2.23. The zero-order valence-corrected chi connectivity index (χ0v) is 20.2. The van der Waals surface area contributed by atoms with E-state index in [1.54, 1.807) is 6.07 Å². The molecule has 0 spiro atoms. The summed E-state index contributed by atoms with van der Waals surface area (Å²) in [7, 11) is 0. The standard InChI is InChI=1S/C28H42N2O2/c1-3-5-7-9-11-13-15-17-25-21-30-27(22-29-25)24-18-19-26(28(31)32)23(20-24)16-14-12-10-8-6-4-2/h18-22H,3-17H2,1-2H3,(H,31,32)/p-1. The van der Waals surface area contributed by atoms with Crippen LogP contribution in [-0.2, 0) is 12.8 Å². The zero-order valence-electron chi connectivity index (χ0n) is 20.2. The molecule has 4 heteroatoms. The molecule has 0 atom stereocenters. The highest BCUT2D eigenvalue weighted by atomic mass is 16.4. The minimum Gasteiger partial charge on any atom is -0.545 e. The molecule has 0 N–H and O–H groups in total. The second kappa shape index (κ2) is 15.6. The summed E-state index contributed by atoms with van der Waals surface area (Å²) in [5, 5.41) is 11.5. The average Bonchev–Trinajstić information content (AvgIpc) is 2.81. The van der Waals surface area contributed by atoms with E-state index in [1.807, 2.05) is 24.5 Å². The fourth-order valence-corrected chi connectivity index (χ4v) is 4.15. The summed E-state index contributed by atoms with van der Waals surface area (Å²) in [5.74, 6) is -1.10. The summed E-state index contributed by atoms with van der Waals surface area (Å²) in [6.45, 7) is 4.46. The van der Waals surface area contributed by atoms with Crippen molar-refractivity contribution >= 4 is 5.97 Å². The molecule has 0 saturated carbocycles. The van der Waals surface area contributed by atoms with E-state index in [-0.39, 0.29) is 0 Å². The van der Waals surface area contributed by atoms with Gasteiger partial charge >= 0.3 is 0 Å². The largest absolute Gasteiger partial charge is 0.545 e. The number of rotatable bonds is 17. The first-order chi connectivity index (χ1) is 15.7. The summed E-state index contributed by atoms with van der Waals surface area (Å²) in [5.41, 5.74) is 3.88. The molecule has 1 aromatic carbocycles. The van der Waals surface area contributed by atoms with Crippen molar-refractivity contribution in [2.75, 3.05) is 0 Å². The molecule has 0 bridgehead atoms. The Morgan fingerprint density at radius 2 is 1.34 bits per heavy atom. The molecule has 2 aromatic rings. The number of unbranched alkanes of at least 4 members (excludes halogenated alkanes) is 11. The highest BCUT2D eigenvalue weighted by Gasteiger charge is 2.08. The summed E-state index contributed by atoms with van der Waals surface area (Å²) in [6, 6.07) is 5.43. The van der Waals surface area contributed by atoms with Crippen LogP contribution in [0.3, 0.4) is 0 Å². The number of nitrogens with zero attached hydrogens (tertiary/aromatic N) is 2. The Bertz CT molecular complexity index is 787. The lowest BCUT2D eigenvalue weighted by Gasteiger charge is -2.13. The highest BCUT2D eigenvalue weighted by molar-refractivity contribution is 5.88. The predicted octanol–water partition coefficient (Wildman–Crippen LogP) is 6.70. The number of carbonyl (C=O) groups is 1. The number of carboxylic acids is 1. The van der Waals surface area contributed by atoms with Crippen LogP contribution in [0.4, 0.5) is 0 Å². The summed E-state index contributed by atoms with van der Waals surface area (Å²) in [4.78, 5) is 20.8. The maximum atomic E-state index is 11.5. The molecule has 1 aromatic heterocycles. The van der Waals surface area contributed by atoms with Gasteiger partial charge in [-0.25, -0.2) is 0 Å². The molecule has 32 heavy (non-hydrogen) atoms. The van der Waals surface area contributed by atoms with Gasteiger partial charge < -0.3 is 9.90 Å². The third kappa shape index (κ3) is 9.50. The third-order valence-electron chi connectivity index (χ3n) is 6.16. The molecule has 0 unspecified atom stereocenters. The van der Waals surface area contributed by atoms with Gasteiger partial charge in [-0.2, -0.15) is 0 Å². The first-order valence-corrected chi connectivity index (χ1v) is 12.8. The van der Waals surface area contributed by atoms with Crippen LogP contribution in [0.15, 0.2) is 30.6 Å². The van der Waals surface area contributed by atoms with Crippen LogP contribution in [-0.4, -0.2) is 15.9 Å². The normalized spacial score (nSPS) is 11.1. The van der Waals surface area contributed by atoms with Gasteiger partial charge in [0, 0.05) is 17.3 Å². The van der Waals surface area contributed by atoms with Gasteiger partial charge in [0.15, 0.2) is 0 Å². The van der Waals surface area contributed by atoms with Crippen molar-refractivity contribution in [3.63, 3.8) is 0 Å². The molecule has 0 saturated heterocycles. The van der Waals surface area contributed by atoms with Crippen LogP contribution >= 0.6 is 0 Å². The van der Waals surface area contributed by atoms with Gasteiger partial charge in [-0.3, -0.25) is 9.97 Å². The molecule has 0 radical (unpaired) electrons. The van der Waals surface area contributed by atoms with Crippen molar-refractivity contribution in [2.24, 2.45) is 0 Å². The van der Waals surface area contributed by atoms with Crippen LogP contribution < -0.4 is 5.11 Å². The van der Waals surface area contributed by atoms with Crippen molar-refractivity contribution in [3.8, 4) is 11.3 Å². The van der Waals surface area contributed by atoms with Crippen molar-refractivity contribution in [2.45, 2.75) is 110 Å². The minimum atomic E-state index is -1.10. The van der Waals surface area contributed by atoms with E-state index in [4.69, 9.17) is 0 Å². The second-order valence-electron chi connectivity index (χ2n) is 8.94. The minimum absolute atomic E-state index is 0.297. The van der Waals surface area contributed by atoms with Gasteiger partial charge in [0.25, 0.3) is 0 Å². The number of aromatic carboxylic acids is 1. The van der Waals surface area contributed by atoms with Crippen LogP contribution in [0, 0.1) is 0 Å². The van der Waals surface area contributed by atoms with E-state index in [0.717, 1.165) is 54.6 Å².